The molecule has 17 heavy (non-hydrogen) atoms. The van der Waals surface area contributed by atoms with Crippen LogP contribution in [-0.4, -0.2) is 15.0 Å². The Morgan fingerprint density at radius 3 is 2.59 bits per heavy atom. The maximum absolute atomic E-state index is 5.69. The first-order valence-electron chi connectivity index (χ1n) is 5.73. The van der Waals surface area contributed by atoms with E-state index in [9.17, 15) is 0 Å². The standard InChI is InChI=1S/C13H18N4/c1-13(2,3)11-6-4-5-7-12(11)17-10(8-14)9-15-16-17/h4-7,9H,8,14H2,1-3H3. The minimum absolute atomic E-state index is 0.0639. The van der Waals surface area contributed by atoms with Crippen LogP contribution in [0.15, 0.2) is 30.5 Å². The first kappa shape index (κ1) is 11.8. The minimum Gasteiger partial charge on any atom is -0.325 e. The summed E-state index contributed by atoms with van der Waals surface area (Å²) in [6.45, 7) is 6.99. The third-order valence-electron chi connectivity index (χ3n) is 2.77. The van der Waals surface area contributed by atoms with E-state index in [1.807, 2.05) is 16.8 Å². The molecular weight excluding hydrogens is 212 g/mol. The van der Waals surface area contributed by atoms with Gasteiger partial charge >= 0.3 is 0 Å². The fraction of sp³-hybridized carbons (Fsp3) is 0.385. The van der Waals surface area contributed by atoms with Gasteiger partial charge in [-0.2, -0.15) is 0 Å². The van der Waals surface area contributed by atoms with E-state index in [-0.39, 0.29) is 5.41 Å². The Bertz CT molecular complexity index is 508. The molecule has 1 heterocycles. The first-order chi connectivity index (χ1) is 8.04. The van der Waals surface area contributed by atoms with Crippen LogP contribution in [0.5, 0.6) is 0 Å². The quantitative estimate of drug-likeness (QED) is 0.858. The lowest BCUT2D eigenvalue weighted by Gasteiger charge is -2.22. The second-order valence-corrected chi connectivity index (χ2v) is 5.11. The number of nitrogens with zero attached hydrogens (tertiary/aromatic N) is 3. The summed E-state index contributed by atoms with van der Waals surface area (Å²) in [6.07, 6.45) is 1.71. The molecule has 4 heteroatoms. The lowest BCUT2D eigenvalue weighted by atomic mass is 9.86. The third-order valence-corrected chi connectivity index (χ3v) is 2.77. The molecule has 2 aromatic rings. The molecule has 0 fully saturated rings. The summed E-state index contributed by atoms with van der Waals surface area (Å²) in [5.41, 5.74) is 8.96. The fourth-order valence-electron chi connectivity index (χ4n) is 1.89. The second kappa shape index (κ2) is 4.30. The van der Waals surface area contributed by atoms with Crippen LogP contribution in [0.25, 0.3) is 5.69 Å². The van der Waals surface area contributed by atoms with Crippen molar-refractivity contribution < 1.29 is 0 Å². The SMILES string of the molecule is CC(C)(C)c1ccccc1-n1nncc1CN. The van der Waals surface area contributed by atoms with E-state index in [0.29, 0.717) is 6.54 Å². The summed E-state index contributed by atoms with van der Waals surface area (Å²) < 4.78 is 1.82. The van der Waals surface area contributed by atoms with Crippen molar-refractivity contribution in [1.82, 2.24) is 15.0 Å². The van der Waals surface area contributed by atoms with Crippen LogP contribution in [0.1, 0.15) is 32.0 Å². The van der Waals surface area contributed by atoms with Gasteiger partial charge in [0.2, 0.25) is 0 Å². The Morgan fingerprint density at radius 2 is 1.94 bits per heavy atom. The van der Waals surface area contributed by atoms with Gasteiger partial charge in [0.15, 0.2) is 0 Å². The largest absolute Gasteiger partial charge is 0.325 e. The molecule has 0 amide bonds. The van der Waals surface area contributed by atoms with Crippen molar-refractivity contribution in [3.8, 4) is 5.69 Å². The Balaban J connectivity index is 2.60. The molecule has 1 aromatic carbocycles. The highest BCUT2D eigenvalue weighted by Gasteiger charge is 2.19. The normalized spacial score (nSPS) is 11.8. The van der Waals surface area contributed by atoms with E-state index >= 15 is 0 Å². The average molecular weight is 230 g/mol. The van der Waals surface area contributed by atoms with Gasteiger partial charge in [-0.25, -0.2) is 4.68 Å². The van der Waals surface area contributed by atoms with E-state index in [1.54, 1.807) is 6.20 Å². The minimum atomic E-state index is 0.0639. The van der Waals surface area contributed by atoms with Gasteiger partial charge in [0.1, 0.15) is 0 Å². The third kappa shape index (κ3) is 2.22. The highest BCUT2D eigenvalue weighted by molar-refractivity contribution is 5.44. The molecule has 0 bridgehead atoms. The summed E-state index contributed by atoms with van der Waals surface area (Å²) in [6, 6.07) is 8.22. The molecule has 2 rings (SSSR count). The van der Waals surface area contributed by atoms with Crippen molar-refractivity contribution in [3.63, 3.8) is 0 Å². The van der Waals surface area contributed by atoms with Gasteiger partial charge in [-0.05, 0) is 17.0 Å². The van der Waals surface area contributed by atoms with E-state index in [2.05, 4.69) is 43.2 Å². The summed E-state index contributed by atoms with van der Waals surface area (Å²) in [5, 5.41) is 8.04. The van der Waals surface area contributed by atoms with Crippen LogP contribution < -0.4 is 5.73 Å². The van der Waals surface area contributed by atoms with Crippen molar-refractivity contribution in [3.05, 3.63) is 41.7 Å². The average Bonchev–Trinajstić information content (AvgIpc) is 2.75. The maximum atomic E-state index is 5.69. The molecule has 1 aromatic heterocycles. The van der Waals surface area contributed by atoms with Gasteiger partial charge in [-0.1, -0.05) is 44.2 Å². The predicted octanol–water partition coefficient (Wildman–Crippen LogP) is 2.02. The van der Waals surface area contributed by atoms with Crippen LogP contribution in [0.4, 0.5) is 0 Å². The smallest absolute Gasteiger partial charge is 0.0781 e. The molecule has 0 aliphatic carbocycles. The molecule has 4 nitrogen and oxygen atoms in total. The van der Waals surface area contributed by atoms with Gasteiger partial charge in [0.25, 0.3) is 0 Å². The fourth-order valence-corrected chi connectivity index (χ4v) is 1.89. The zero-order chi connectivity index (χ0) is 12.5. The summed E-state index contributed by atoms with van der Waals surface area (Å²) >= 11 is 0. The van der Waals surface area contributed by atoms with E-state index in [0.717, 1.165) is 11.4 Å². The number of para-hydroxylation sites is 1. The van der Waals surface area contributed by atoms with Crippen molar-refractivity contribution in [2.24, 2.45) is 5.73 Å². The molecule has 90 valence electrons. The topological polar surface area (TPSA) is 56.7 Å². The first-order valence-corrected chi connectivity index (χ1v) is 5.73. The van der Waals surface area contributed by atoms with Crippen LogP contribution in [-0.2, 0) is 12.0 Å². The maximum Gasteiger partial charge on any atom is 0.0781 e. The highest BCUT2D eigenvalue weighted by atomic mass is 15.4. The number of aromatic nitrogens is 3. The Hall–Kier alpha value is -1.68. The van der Waals surface area contributed by atoms with Crippen LogP contribution >= 0.6 is 0 Å². The Morgan fingerprint density at radius 1 is 1.24 bits per heavy atom. The predicted molar refractivity (Wildman–Crippen MR) is 68.0 cm³/mol. The number of hydrogen-bond acceptors (Lipinski definition) is 3. The van der Waals surface area contributed by atoms with Crippen LogP contribution in [0, 0.1) is 0 Å². The lowest BCUT2D eigenvalue weighted by Crippen LogP contribution is -2.17. The molecular formula is C13H18N4. The molecule has 0 unspecified atom stereocenters. The van der Waals surface area contributed by atoms with E-state index in [1.165, 1.54) is 5.56 Å². The molecule has 0 spiro atoms. The van der Waals surface area contributed by atoms with Crippen molar-refractivity contribution in [2.75, 3.05) is 0 Å². The van der Waals surface area contributed by atoms with E-state index < -0.39 is 0 Å². The molecule has 2 N–H and O–H groups in total. The van der Waals surface area contributed by atoms with Crippen molar-refractivity contribution >= 4 is 0 Å². The summed E-state index contributed by atoms with van der Waals surface area (Å²) in [4.78, 5) is 0. The zero-order valence-corrected chi connectivity index (χ0v) is 10.5. The number of nitrogens with two attached hydrogens (primary N) is 1. The highest BCUT2D eigenvalue weighted by Crippen LogP contribution is 2.28. The lowest BCUT2D eigenvalue weighted by molar-refractivity contribution is 0.580. The monoisotopic (exact) mass is 230 g/mol. The summed E-state index contributed by atoms with van der Waals surface area (Å²) in [7, 11) is 0. The van der Waals surface area contributed by atoms with Gasteiger partial charge < -0.3 is 5.73 Å². The van der Waals surface area contributed by atoms with Gasteiger partial charge in [0, 0.05) is 6.54 Å². The molecule has 0 aliphatic rings. The number of hydrogen-bond donors (Lipinski definition) is 1. The molecule has 0 aliphatic heterocycles. The van der Waals surface area contributed by atoms with Gasteiger partial charge in [-0.15, -0.1) is 5.10 Å². The van der Waals surface area contributed by atoms with Crippen molar-refractivity contribution in [2.45, 2.75) is 32.7 Å². The Kier molecular flexibility index (Phi) is 2.98. The van der Waals surface area contributed by atoms with Gasteiger partial charge in [0.05, 0.1) is 17.6 Å². The van der Waals surface area contributed by atoms with Crippen LogP contribution in [0.2, 0.25) is 0 Å². The van der Waals surface area contributed by atoms with Gasteiger partial charge in [-0.3, -0.25) is 0 Å². The molecule has 0 saturated carbocycles. The molecule has 0 radical (unpaired) electrons. The summed E-state index contributed by atoms with van der Waals surface area (Å²) in [5.74, 6) is 0. The number of rotatable bonds is 2. The van der Waals surface area contributed by atoms with Crippen LogP contribution in [0.3, 0.4) is 0 Å². The van der Waals surface area contributed by atoms with Crippen molar-refractivity contribution in [1.29, 1.82) is 0 Å². The zero-order valence-electron chi connectivity index (χ0n) is 10.5. The Labute approximate surface area is 101 Å². The second-order valence-electron chi connectivity index (χ2n) is 5.11. The molecule has 0 atom stereocenters. The van der Waals surface area contributed by atoms with E-state index in [4.69, 9.17) is 5.73 Å². The molecule has 0 saturated heterocycles. The number of benzene rings is 1.